The van der Waals surface area contributed by atoms with Crippen LogP contribution in [0, 0.1) is 0 Å². The van der Waals surface area contributed by atoms with E-state index in [-0.39, 0.29) is 17.0 Å². The first-order chi connectivity index (χ1) is 13.6. The van der Waals surface area contributed by atoms with Crippen LogP contribution in [0.25, 0.3) is 0 Å². The number of hydrogen-bond acceptors (Lipinski definition) is 1. The Kier molecular flexibility index (Phi) is 8.82. The molecule has 0 aliphatic heterocycles. The average Bonchev–Trinajstić information content (AvgIpc) is 2.73. The molecule has 0 aromatic heterocycles. The first kappa shape index (κ1) is 23.1. The summed E-state index contributed by atoms with van der Waals surface area (Å²) >= 11 is 0. The van der Waals surface area contributed by atoms with Crippen LogP contribution in [0.5, 0.6) is 0 Å². The standard InChI is InChI=1S/C25H25O2P.BrH/c1-21(20-25(26)27)12-11-19-28(22-13-5-2-6-14-22,23-15-7-3-8-16-23)24-17-9-4-10-18-24;/h2-10,13-18,20H,11-12,19H2,1H3;1H/b21-20+;. The summed E-state index contributed by atoms with van der Waals surface area (Å²) in [6.45, 7) is 1.90. The van der Waals surface area contributed by atoms with Gasteiger partial charge in [-0.3, -0.25) is 0 Å². The van der Waals surface area contributed by atoms with E-state index in [0.717, 1.165) is 24.6 Å². The lowest BCUT2D eigenvalue weighted by molar-refractivity contribution is -0.131. The molecule has 0 heterocycles. The van der Waals surface area contributed by atoms with Crippen LogP contribution < -0.4 is 32.9 Å². The first-order valence-corrected chi connectivity index (χ1v) is 11.6. The third-order valence-electron chi connectivity index (χ3n) is 5.03. The van der Waals surface area contributed by atoms with E-state index < -0.39 is 13.2 Å². The second-order valence-corrected chi connectivity index (χ2v) is 10.6. The Morgan fingerprint density at radius 3 is 1.52 bits per heavy atom. The third kappa shape index (κ3) is 5.65. The van der Waals surface area contributed by atoms with E-state index in [0.29, 0.717) is 0 Å². The molecular weight excluding hydrogens is 443 g/mol. The molecule has 0 unspecified atom stereocenters. The molecular formula is C25H26BrO2P. The highest BCUT2D eigenvalue weighted by atomic mass is 79.9. The van der Waals surface area contributed by atoms with Crippen molar-refractivity contribution in [1.82, 2.24) is 0 Å². The molecule has 0 bridgehead atoms. The Morgan fingerprint density at radius 2 is 1.17 bits per heavy atom. The van der Waals surface area contributed by atoms with Crippen LogP contribution in [0.1, 0.15) is 19.8 Å². The van der Waals surface area contributed by atoms with E-state index in [9.17, 15) is 4.79 Å². The number of allylic oxidation sites excluding steroid dienone is 1. The number of carbonyl (C=O) groups is 1. The van der Waals surface area contributed by atoms with Crippen LogP contribution in [-0.2, 0) is 4.79 Å². The van der Waals surface area contributed by atoms with Gasteiger partial charge < -0.3 is 22.1 Å². The highest BCUT2D eigenvalue weighted by Gasteiger charge is 2.44. The van der Waals surface area contributed by atoms with Gasteiger partial charge in [0, 0.05) is 6.08 Å². The molecule has 0 amide bonds. The lowest BCUT2D eigenvalue weighted by atomic mass is 10.2. The van der Waals surface area contributed by atoms with Gasteiger partial charge in [0.2, 0.25) is 0 Å². The van der Waals surface area contributed by atoms with Crippen molar-refractivity contribution in [1.29, 1.82) is 0 Å². The van der Waals surface area contributed by atoms with E-state index in [1.807, 2.05) is 6.92 Å². The van der Waals surface area contributed by atoms with Gasteiger partial charge in [-0.05, 0) is 56.2 Å². The maximum atomic E-state index is 11.0. The fraction of sp³-hybridized carbons (Fsp3) is 0.160. The van der Waals surface area contributed by atoms with E-state index in [4.69, 9.17) is 5.11 Å². The zero-order chi connectivity index (χ0) is 19.8. The fourth-order valence-electron chi connectivity index (χ4n) is 3.76. The van der Waals surface area contributed by atoms with Gasteiger partial charge in [0.05, 0.1) is 6.16 Å². The maximum Gasteiger partial charge on any atom is 0.328 e. The average molecular weight is 469 g/mol. The fourth-order valence-corrected chi connectivity index (χ4v) is 8.10. The molecule has 3 aromatic carbocycles. The van der Waals surface area contributed by atoms with Gasteiger partial charge in [-0.1, -0.05) is 60.2 Å². The van der Waals surface area contributed by atoms with E-state index in [1.54, 1.807) is 0 Å². The van der Waals surface area contributed by atoms with Crippen molar-refractivity contribution in [3.63, 3.8) is 0 Å². The van der Waals surface area contributed by atoms with Crippen molar-refractivity contribution in [2.75, 3.05) is 6.16 Å². The summed E-state index contributed by atoms with van der Waals surface area (Å²) in [5, 5.41) is 13.1. The normalized spacial score (nSPS) is 11.6. The second-order valence-electron chi connectivity index (χ2n) is 6.97. The largest absolute Gasteiger partial charge is 1.00 e. The molecule has 2 nitrogen and oxygen atoms in total. The number of carboxylic acids is 1. The number of carboxylic acid groups (broad SMARTS) is 1. The maximum absolute atomic E-state index is 11.0. The zero-order valence-electron chi connectivity index (χ0n) is 16.5. The summed E-state index contributed by atoms with van der Waals surface area (Å²) in [6.07, 6.45) is 4.08. The molecule has 150 valence electrons. The first-order valence-electron chi connectivity index (χ1n) is 9.58. The molecule has 0 aliphatic rings. The molecule has 0 spiro atoms. The van der Waals surface area contributed by atoms with Crippen molar-refractivity contribution >= 4 is 29.1 Å². The van der Waals surface area contributed by atoms with Crippen LogP contribution in [0.4, 0.5) is 0 Å². The van der Waals surface area contributed by atoms with Gasteiger partial charge in [-0.25, -0.2) is 4.79 Å². The Hall–Kier alpha value is -2.22. The smallest absolute Gasteiger partial charge is 0.328 e. The Balaban J connectivity index is 0.00000300. The van der Waals surface area contributed by atoms with Crippen LogP contribution >= 0.6 is 7.26 Å². The summed E-state index contributed by atoms with van der Waals surface area (Å²) in [4.78, 5) is 11.0. The number of benzene rings is 3. The Bertz CT molecular complexity index is 828. The molecule has 0 fully saturated rings. The molecule has 1 N–H and O–H groups in total. The minimum Gasteiger partial charge on any atom is -1.00 e. The van der Waals surface area contributed by atoms with Crippen molar-refractivity contribution in [2.24, 2.45) is 0 Å². The van der Waals surface area contributed by atoms with Crippen LogP contribution in [0.2, 0.25) is 0 Å². The minimum atomic E-state index is -1.82. The second kappa shape index (κ2) is 11.1. The zero-order valence-corrected chi connectivity index (χ0v) is 19.0. The van der Waals surface area contributed by atoms with Gasteiger partial charge in [-0.15, -0.1) is 0 Å². The molecule has 29 heavy (non-hydrogen) atoms. The summed E-state index contributed by atoms with van der Waals surface area (Å²) in [5.41, 5.74) is 0.916. The number of hydrogen-bond donors (Lipinski definition) is 1. The summed E-state index contributed by atoms with van der Waals surface area (Å²) in [5.74, 6) is -0.868. The lowest BCUT2D eigenvalue weighted by Gasteiger charge is -2.27. The van der Waals surface area contributed by atoms with Crippen molar-refractivity contribution in [2.45, 2.75) is 19.8 Å². The highest BCUT2D eigenvalue weighted by molar-refractivity contribution is 7.95. The number of rotatable bonds is 8. The van der Waals surface area contributed by atoms with Crippen LogP contribution in [0.15, 0.2) is 103 Å². The highest BCUT2D eigenvalue weighted by Crippen LogP contribution is 2.56. The molecule has 3 aromatic rings. The predicted molar refractivity (Wildman–Crippen MR) is 121 cm³/mol. The molecule has 0 atom stereocenters. The summed E-state index contributed by atoms with van der Waals surface area (Å²) < 4.78 is 0. The summed E-state index contributed by atoms with van der Waals surface area (Å²) in [6, 6.07) is 32.4. The van der Waals surface area contributed by atoms with Gasteiger partial charge >= 0.3 is 5.97 Å². The van der Waals surface area contributed by atoms with Gasteiger partial charge in [0.15, 0.2) is 0 Å². The van der Waals surface area contributed by atoms with E-state index in [1.165, 1.54) is 22.0 Å². The summed E-state index contributed by atoms with van der Waals surface area (Å²) in [7, 11) is -1.82. The molecule has 0 aliphatic carbocycles. The molecule has 0 saturated heterocycles. The van der Waals surface area contributed by atoms with Crippen molar-refractivity contribution < 1.29 is 26.9 Å². The topological polar surface area (TPSA) is 37.3 Å². The molecule has 0 saturated carbocycles. The molecule has 0 radical (unpaired) electrons. The molecule has 3 rings (SSSR count). The quantitative estimate of drug-likeness (QED) is 0.404. The third-order valence-corrected chi connectivity index (χ3v) is 9.55. The van der Waals surface area contributed by atoms with Crippen LogP contribution in [-0.4, -0.2) is 17.2 Å². The SMILES string of the molecule is C/C(=C\C(=O)O)CCC[P+](c1ccccc1)(c1ccccc1)c1ccccc1.[Br-]. The van der Waals surface area contributed by atoms with E-state index in [2.05, 4.69) is 91.0 Å². The predicted octanol–water partition coefficient (Wildman–Crippen LogP) is 1.80. The van der Waals surface area contributed by atoms with Gasteiger partial charge in [0.25, 0.3) is 0 Å². The minimum absolute atomic E-state index is 0. The number of aliphatic carboxylic acids is 1. The Labute approximate surface area is 184 Å². The Morgan fingerprint density at radius 1 is 0.793 bits per heavy atom. The lowest BCUT2D eigenvalue weighted by Crippen LogP contribution is -3.00. The van der Waals surface area contributed by atoms with Crippen molar-refractivity contribution in [3.8, 4) is 0 Å². The molecule has 4 heteroatoms. The van der Waals surface area contributed by atoms with Gasteiger partial charge in [0.1, 0.15) is 23.2 Å². The van der Waals surface area contributed by atoms with Crippen molar-refractivity contribution in [3.05, 3.63) is 103 Å². The van der Waals surface area contributed by atoms with Gasteiger partial charge in [-0.2, -0.15) is 0 Å². The van der Waals surface area contributed by atoms with E-state index >= 15 is 0 Å². The monoisotopic (exact) mass is 468 g/mol. The van der Waals surface area contributed by atoms with Crippen LogP contribution in [0.3, 0.4) is 0 Å². The number of halogens is 1.